The highest BCUT2D eigenvalue weighted by Crippen LogP contribution is 2.36. The van der Waals surface area contributed by atoms with E-state index < -0.39 is 0 Å². The Morgan fingerprint density at radius 3 is 2.83 bits per heavy atom. The van der Waals surface area contributed by atoms with Crippen LogP contribution in [0.2, 0.25) is 0 Å². The second-order valence-electron chi connectivity index (χ2n) is 4.30. The molecule has 0 atom stereocenters. The van der Waals surface area contributed by atoms with Crippen molar-refractivity contribution in [3.63, 3.8) is 0 Å². The van der Waals surface area contributed by atoms with Gasteiger partial charge in [-0.15, -0.1) is 0 Å². The van der Waals surface area contributed by atoms with E-state index in [0.717, 1.165) is 47.7 Å². The average Bonchev–Trinajstić information content (AvgIpc) is 2.96. The summed E-state index contributed by atoms with van der Waals surface area (Å²) in [5, 5.41) is 8.98. The van der Waals surface area contributed by atoms with Gasteiger partial charge in [0.05, 0.1) is 11.0 Å². The fraction of sp³-hybridized carbons (Fsp3) is 0.462. The highest BCUT2D eigenvalue weighted by atomic mass is 16.7. The number of hydrogen-bond donors (Lipinski definition) is 1. The standard InChI is InChI=1S/C13H16N2O3/c1-2-13-14-9-6-11-12(18-8-17-11)7-10(9)15(13)4-3-5-16/h6-7,16H,2-5,8H2,1H3. The molecule has 1 aliphatic heterocycles. The Morgan fingerprint density at radius 1 is 1.33 bits per heavy atom. The minimum Gasteiger partial charge on any atom is -0.454 e. The molecule has 2 aromatic rings. The number of aryl methyl sites for hydroxylation is 2. The van der Waals surface area contributed by atoms with Crippen LogP contribution in [0.5, 0.6) is 11.5 Å². The first kappa shape index (κ1) is 11.3. The van der Waals surface area contributed by atoms with Gasteiger partial charge < -0.3 is 19.1 Å². The molecule has 0 amide bonds. The smallest absolute Gasteiger partial charge is 0.231 e. The molecule has 0 saturated heterocycles. The van der Waals surface area contributed by atoms with Crippen LogP contribution >= 0.6 is 0 Å². The molecule has 1 aromatic heterocycles. The van der Waals surface area contributed by atoms with Crippen LogP contribution in [0.3, 0.4) is 0 Å². The predicted molar refractivity (Wildman–Crippen MR) is 66.9 cm³/mol. The summed E-state index contributed by atoms with van der Waals surface area (Å²) in [6, 6.07) is 3.90. The number of rotatable bonds is 4. The van der Waals surface area contributed by atoms with Gasteiger partial charge in [0, 0.05) is 31.7 Å². The van der Waals surface area contributed by atoms with Crippen molar-refractivity contribution >= 4 is 11.0 Å². The van der Waals surface area contributed by atoms with Crippen molar-refractivity contribution in [1.29, 1.82) is 0 Å². The number of benzene rings is 1. The summed E-state index contributed by atoms with van der Waals surface area (Å²) in [4.78, 5) is 4.61. The minimum absolute atomic E-state index is 0.188. The van der Waals surface area contributed by atoms with Gasteiger partial charge in [-0.25, -0.2) is 4.98 Å². The van der Waals surface area contributed by atoms with Gasteiger partial charge in [-0.2, -0.15) is 0 Å². The quantitative estimate of drug-likeness (QED) is 0.895. The molecule has 96 valence electrons. The highest BCUT2D eigenvalue weighted by molar-refractivity contribution is 5.81. The molecule has 0 fully saturated rings. The first-order chi connectivity index (χ1) is 8.83. The van der Waals surface area contributed by atoms with E-state index in [-0.39, 0.29) is 13.4 Å². The molecule has 2 heterocycles. The summed E-state index contributed by atoms with van der Waals surface area (Å²) in [7, 11) is 0. The number of hydrogen-bond acceptors (Lipinski definition) is 4. The molecule has 0 bridgehead atoms. The molecule has 3 rings (SSSR count). The number of aliphatic hydroxyl groups is 1. The van der Waals surface area contributed by atoms with E-state index in [1.165, 1.54) is 0 Å². The van der Waals surface area contributed by atoms with E-state index in [9.17, 15) is 0 Å². The van der Waals surface area contributed by atoms with Crippen LogP contribution in [0.25, 0.3) is 11.0 Å². The molecular weight excluding hydrogens is 232 g/mol. The van der Waals surface area contributed by atoms with Gasteiger partial charge in [0.15, 0.2) is 11.5 Å². The van der Waals surface area contributed by atoms with Gasteiger partial charge in [0.2, 0.25) is 6.79 Å². The zero-order chi connectivity index (χ0) is 12.5. The van der Waals surface area contributed by atoms with Crippen molar-refractivity contribution in [3.8, 4) is 11.5 Å². The lowest BCUT2D eigenvalue weighted by molar-refractivity contribution is 0.174. The van der Waals surface area contributed by atoms with Crippen LogP contribution in [-0.4, -0.2) is 28.1 Å². The Morgan fingerprint density at radius 2 is 2.11 bits per heavy atom. The molecule has 0 radical (unpaired) electrons. The van der Waals surface area contributed by atoms with Gasteiger partial charge in [0.25, 0.3) is 0 Å². The summed E-state index contributed by atoms with van der Waals surface area (Å²) in [6.45, 7) is 3.32. The second-order valence-corrected chi connectivity index (χ2v) is 4.30. The molecule has 5 heteroatoms. The molecule has 1 aromatic carbocycles. The van der Waals surface area contributed by atoms with Gasteiger partial charge in [0.1, 0.15) is 5.82 Å². The molecule has 0 unspecified atom stereocenters. The topological polar surface area (TPSA) is 56.5 Å². The Balaban J connectivity index is 2.12. The summed E-state index contributed by atoms with van der Waals surface area (Å²) < 4.78 is 12.9. The third-order valence-corrected chi connectivity index (χ3v) is 3.18. The summed E-state index contributed by atoms with van der Waals surface area (Å²) in [6.07, 6.45) is 1.60. The van der Waals surface area contributed by atoms with Crippen LogP contribution in [0.4, 0.5) is 0 Å². The van der Waals surface area contributed by atoms with Crippen LogP contribution in [0.1, 0.15) is 19.2 Å². The van der Waals surface area contributed by atoms with Crippen molar-refractivity contribution in [2.75, 3.05) is 13.4 Å². The predicted octanol–water partition coefficient (Wildman–Crippen LogP) is 1.71. The maximum atomic E-state index is 8.98. The molecule has 0 saturated carbocycles. The molecular formula is C13H16N2O3. The van der Waals surface area contributed by atoms with Crippen LogP contribution in [-0.2, 0) is 13.0 Å². The summed E-state index contributed by atoms with van der Waals surface area (Å²) in [5.74, 6) is 2.56. The third kappa shape index (κ3) is 1.71. The molecule has 1 N–H and O–H groups in total. The molecule has 1 aliphatic rings. The van der Waals surface area contributed by atoms with Gasteiger partial charge in [-0.1, -0.05) is 6.92 Å². The number of fused-ring (bicyclic) bond motifs is 2. The Bertz CT molecular complexity index is 577. The third-order valence-electron chi connectivity index (χ3n) is 3.18. The lowest BCUT2D eigenvalue weighted by atomic mass is 10.2. The van der Waals surface area contributed by atoms with Crippen molar-refractivity contribution in [2.24, 2.45) is 0 Å². The average molecular weight is 248 g/mol. The lowest BCUT2D eigenvalue weighted by Crippen LogP contribution is -2.04. The monoisotopic (exact) mass is 248 g/mol. The van der Waals surface area contributed by atoms with E-state index in [1.54, 1.807) is 0 Å². The second kappa shape index (κ2) is 4.49. The summed E-state index contributed by atoms with van der Waals surface area (Å²) >= 11 is 0. The van der Waals surface area contributed by atoms with E-state index in [4.69, 9.17) is 14.6 Å². The first-order valence-corrected chi connectivity index (χ1v) is 6.23. The van der Waals surface area contributed by atoms with Gasteiger partial charge >= 0.3 is 0 Å². The number of aromatic nitrogens is 2. The van der Waals surface area contributed by atoms with Crippen LogP contribution in [0.15, 0.2) is 12.1 Å². The highest BCUT2D eigenvalue weighted by Gasteiger charge is 2.18. The van der Waals surface area contributed by atoms with E-state index >= 15 is 0 Å². The largest absolute Gasteiger partial charge is 0.454 e. The van der Waals surface area contributed by atoms with Crippen LogP contribution in [0, 0.1) is 0 Å². The van der Waals surface area contributed by atoms with Gasteiger partial charge in [-0.05, 0) is 6.42 Å². The molecule has 0 aliphatic carbocycles. The fourth-order valence-electron chi connectivity index (χ4n) is 2.31. The SMILES string of the molecule is CCc1nc2cc3c(cc2n1CCCO)OCO3. The van der Waals surface area contributed by atoms with Crippen molar-refractivity contribution in [2.45, 2.75) is 26.3 Å². The molecule has 0 spiro atoms. The van der Waals surface area contributed by atoms with E-state index in [0.29, 0.717) is 0 Å². The first-order valence-electron chi connectivity index (χ1n) is 6.23. The Labute approximate surface area is 105 Å². The minimum atomic E-state index is 0.188. The van der Waals surface area contributed by atoms with E-state index in [2.05, 4.69) is 16.5 Å². The fourth-order valence-corrected chi connectivity index (χ4v) is 2.31. The zero-order valence-electron chi connectivity index (χ0n) is 10.3. The Hall–Kier alpha value is -1.75. The number of ether oxygens (including phenoxy) is 2. The zero-order valence-corrected chi connectivity index (χ0v) is 10.3. The molecule has 5 nitrogen and oxygen atoms in total. The number of imidazole rings is 1. The van der Waals surface area contributed by atoms with Crippen molar-refractivity contribution in [3.05, 3.63) is 18.0 Å². The normalized spacial score (nSPS) is 13.4. The van der Waals surface area contributed by atoms with E-state index in [1.807, 2.05) is 12.1 Å². The van der Waals surface area contributed by atoms with Crippen molar-refractivity contribution < 1.29 is 14.6 Å². The maximum absolute atomic E-state index is 8.98. The Kier molecular flexibility index (Phi) is 2.83. The molecule has 18 heavy (non-hydrogen) atoms. The van der Waals surface area contributed by atoms with Crippen LogP contribution < -0.4 is 9.47 Å². The van der Waals surface area contributed by atoms with Gasteiger partial charge in [-0.3, -0.25) is 0 Å². The maximum Gasteiger partial charge on any atom is 0.231 e. The summed E-state index contributed by atoms with van der Waals surface area (Å²) in [5.41, 5.74) is 1.97. The lowest BCUT2D eigenvalue weighted by Gasteiger charge is -2.06. The number of nitrogens with zero attached hydrogens (tertiary/aromatic N) is 2. The van der Waals surface area contributed by atoms with Crippen molar-refractivity contribution in [1.82, 2.24) is 9.55 Å². The number of aliphatic hydroxyl groups excluding tert-OH is 1.